The zero-order valence-electron chi connectivity index (χ0n) is 9.42. The van der Waals surface area contributed by atoms with Crippen molar-refractivity contribution in [2.45, 2.75) is 32.2 Å². The van der Waals surface area contributed by atoms with Crippen LogP contribution in [0.4, 0.5) is 0 Å². The van der Waals surface area contributed by atoms with Crippen LogP contribution in [-0.2, 0) is 5.41 Å². The first-order valence-electron chi connectivity index (χ1n) is 5.02. The van der Waals surface area contributed by atoms with E-state index in [1.54, 1.807) is 0 Å². The van der Waals surface area contributed by atoms with E-state index in [2.05, 4.69) is 20.8 Å². The summed E-state index contributed by atoms with van der Waals surface area (Å²) in [5.41, 5.74) is 7.82. The van der Waals surface area contributed by atoms with Crippen LogP contribution in [0.15, 0.2) is 18.2 Å². The molecule has 15 heavy (non-hydrogen) atoms. The molecule has 84 valence electrons. The Morgan fingerprint density at radius 1 is 1.40 bits per heavy atom. The van der Waals surface area contributed by atoms with Gasteiger partial charge >= 0.3 is 0 Å². The van der Waals surface area contributed by atoms with Crippen molar-refractivity contribution in [1.82, 2.24) is 0 Å². The molecule has 1 aromatic carbocycles. The van der Waals surface area contributed by atoms with Crippen molar-refractivity contribution < 1.29 is 5.11 Å². The topological polar surface area (TPSA) is 46.2 Å². The maximum absolute atomic E-state index is 9.02. The molecule has 0 fully saturated rings. The summed E-state index contributed by atoms with van der Waals surface area (Å²) < 4.78 is 0. The van der Waals surface area contributed by atoms with Crippen LogP contribution < -0.4 is 5.73 Å². The van der Waals surface area contributed by atoms with Crippen molar-refractivity contribution >= 4 is 11.6 Å². The Kier molecular flexibility index (Phi) is 3.77. The fraction of sp³-hybridized carbons (Fsp3) is 0.500. The van der Waals surface area contributed by atoms with E-state index in [1.165, 1.54) is 5.56 Å². The highest BCUT2D eigenvalue weighted by molar-refractivity contribution is 6.31. The quantitative estimate of drug-likeness (QED) is 0.816. The summed E-state index contributed by atoms with van der Waals surface area (Å²) in [7, 11) is 0. The van der Waals surface area contributed by atoms with E-state index in [4.69, 9.17) is 22.4 Å². The lowest BCUT2D eigenvalue weighted by atomic mass is 9.85. The van der Waals surface area contributed by atoms with Crippen molar-refractivity contribution in [3.63, 3.8) is 0 Å². The highest BCUT2D eigenvalue weighted by Crippen LogP contribution is 2.29. The standard InChI is InChI=1S/C12H18ClNO/c1-12(2,3)8-4-5-10(13)9(6-8)11(14)7-15/h4-6,11,15H,7,14H2,1-3H3/t11-/m0/s1. The average molecular weight is 228 g/mol. The fourth-order valence-electron chi connectivity index (χ4n) is 1.39. The highest BCUT2D eigenvalue weighted by Gasteiger charge is 2.17. The third-order valence-corrected chi connectivity index (χ3v) is 2.80. The number of hydrogen-bond acceptors (Lipinski definition) is 2. The SMILES string of the molecule is CC(C)(C)c1ccc(Cl)c([C@@H](N)CO)c1. The number of aliphatic hydroxyl groups excluding tert-OH is 1. The molecule has 0 saturated heterocycles. The van der Waals surface area contributed by atoms with Crippen molar-refractivity contribution in [3.05, 3.63) is 34.3 Å². The summed E-state index contributed by atoms with van der Waals surface area (Å²) in [6.45, 7) is 6.30. The van der Waals surface area contributed by atoms with Gasteiger partial charge in [-0.15, -0.1) is 0 Å². The van der Waals surface area contributed by atoms with Crippen LogP contribution in [0.5, 0.6) is 0 Å². The number of rotatable bonds is 2. The third kappa shape index (κ3) is 2.94. The Labute approximate surface area is 96.1 Å². The van der Waals surface area contributed by atoms with Gasteiger partial charge in [0, 0.05) is 5.02 Å². The van der Waals surface area contributed by atoms with E-state index in [9.17, 15) is 0 Å². The van der Waals surface area contributed by atoms with Crippen molar-refractivity contribution in [2.75, 3.05) is 6.61 Å². The van der Waals surface area contributed by atoms with Gasteiger partial charge in [0.15, 0.2) is 0 Å². The van der Waals surface area contributed by atoms with E-state index >= 15 is 0 Å². The molecule has 1 aromatic rings. The predicted molar refractivity (Wildman–Crippen MR) is 64.2 cm³/mol. The second kappa shape index (κ2) is 4.52. The van der Waals surface area contributed by atoms with E-state index in [0.717, 1.165) is 5.56 Å². The molecular formula is C12H18ClNO. The maximum Gasteiger partial charge on any atom is 0.0624 e. The van der Waals surface area contributed by atoms with Gasteiger partial charge in [0.1, 0.15) is 0 Å². The van der Waals surface area contributed by atoms with Gasteiger partial charge in [0.2, 0.25) is 0 Å². The van der Waals surface area contributed by atoms with E-state index < -0.39 is 6.04 Å². The summed E-state index contributed by atoms with van der Waals surface area (Å²) in [6, 6.07) is 5.41. The third-order valence-electron chi connectivity index (χ3n) is 2.46. The molecule has 0 aliphatic carbocycles. The molecule has 1 rings (SSSR count). The molecule has 0 saturated carbocycles. The Morgan fingerprint density at radius 2 is 2.00 bits per heavy atom. The zero-order chi connectivity index (χ0) is 11.6. The van der Waals surface area contributed by atoms with Crippen molar-refractivity contribution in [3.8, 4) is 0 Å². The van der Waals surface area contributed by atoms with Gasteiger partial charge in [0.05, 0.1) is 12.6 Å². The Balaban J connectivity index is 3.17. The van der Waals surface area contributed by atoms with Crippen LogP contribution in [-0.4, -0.2) is 11.7 Å². The molecule has 0 unspecified atom stereocenters. The predicted octanol–water partition coefficient (Wildman–Crippen LogP) is 2.63. The summed E-state index contributed by atoms with van der Waals surface area (Å²) in [5, 5.41) is 9.64. The first-order valence-corrected chi connectivity index (χ1v) is 5.40. The van der Waals surface area contributed by atoms with Crippen molar-refractivity contribution in [2.24, 2.45) is 5.73 Å². The number of hydrogen-bond donors (Lipinski definition) is 2. The zero-order valence-corrected chi connectivity index (χ0v) is 10.2. The van der Waals surface area contributed by atoms with Gasteiger partial charge in [-0.05, 0) is 22.6 Å². The van der Waals surface area contributed by atoms with E-state index in [1.807, 2.05) is 18.2 Å². The minimum atomic E-state index is -0.403. The van der Waals surface area contributed by atoms with Crippen LogP contribution in [0.25, 0.3) is 0 Å². The number of benzene rings is 1. The number of aliphatic hydroxyl groups is 1. The Bertz CT molecular complexity index is 344. The molecule has 0 aliphatic heterocycles. The van der Waals surface area contributed by atoms with E-state index in [-0.39, 0.29) is 12.0 Å². The van der Waals surface area contributed by atoms with Crippen LogP contribution >= 0.6 is 11.6 Å². The average Bonchev–Trinajstić information content (AvgIpc) is 2.15. The van der Waals surface area contributed by atoms with Crippen LogP contribution in [0.3, 0.4) is 0 Å². The minimum Gasteiger partial charge on any atom is -0.394 e. The van der Waals surface area contributed by atoms with Crippen LogP contribution in [0, 0.1) is 0 Å². The second-order valence-corrected chi connectivity index (χ2v) is 5.18. The fourth-order valence-corrected chi connectivity index (χ4v) is 1.65. The van der Waals surface area contributed by atoms with E-state index in [0.29, 0.717) is 5.02 Å². The molecule has 3 N–H and O–H groups in total. The summed E-state index contributed by atoms with van der Waals surface area (Å²) in [4.78, 5) is 0. The maximum atomic E-state index is 9.02. The largest absolute Gasteiger partial charge is 0.394 e. The summed E-state index contributed by atoms with van der Waals surface area (Å²) in [5.74, 6) is 0. The molecule has 3 heteroatoms. The second-order valence-electron chi connectivity index (χ2n) is 4.78. The van der Waals surface area contributed by atoms with Gasteiger partial charge in [-0.2, -0.15) is 0 Å². The van der Waals surface area contributed by atoms with Gasteiger partial charge in [-0.1, -0.05) is 44.5 Å². The van der Waals surface area contributed by atoms with Gasteiger partial charge in [0.25, 0.3) is 0 Å². The minimum absolute atomic E-state index is 0.0640. The summed E-state index contributed by atoms with van der Waals surface area (Å²) >= 11 is 6.03. The smallest absolute Gasteiger partial charge is 0.0624 e. The lowest BCUT2D eigenvalue weighted by Gasteiger charge is -2.21. The number of halogens is 1. The molecule has 0 aliphatic rings. The molecule has 1 atom stereocenters. The summed E-state index contributed by atoms with van der Waals surface area (Å²) in [6.07, 6.45) is 0. The van der Waals surface area contributed by atoms with Crippen LogP contribution in [0.2, 0.25) is 5.02 Å². The van der Waals surface area contributed by atoms with Crippen LogP contribution in [0.1, 0.15) is 37.9 Å². The lowest BCUT2D eigenvalue weighted by Crippen LogP contribution is -2.17. The van der Waals surface area contributed by atoms with Crippen molar-refractivity contribution in [1.29, 1.82) is 0 Å². The Hall–Kier alpha value is -0.570. The van der Waals surface area contributed by atoms with Gasteiger partial charge in [-0.25, -0.2) is 0 Å². The molecular weight excluding hydrogens is 210 g/mol. The molecule has 2 nitrogen and oxygen atoms in total. The molecule has 0 radical (unpaired) electrons. The number of nitrogens with two attached hydrogens (primary N) is 1. The highest BCUT2D eigenvalue weighted by atomic mass is 35.5. The normalized spacial score (nSPS) is 14.0. The molecule has 0 heterocycles. The molecule has 0 spiro atoms. The van der Waals surface area contributed by atoms with Gasteiger partial charge < -0.3 is 10.8 Å². The molecule has 0 bridgehead atoms. The molecule has 0 aromatic heterocycles. The first-order chi connectivity index (χ1) is 6.86. The van der Waals surface area contributed by atoms with Gasteiger partial charge in [-0.3, -0.25) is 0 Å². The lowest BCUT2D eigenvalue weighted by molar-refractivity contribution is 0.268. The molecule has 0 amide bonds. The first kappa shape index (κ1) is 12.5. The monoisotopic (exact) mass is 227 g/mol. The Morgan fingerprint density at radius 3 is 2.47 bits per heavy atom.